The molecule has 0 aromatic heterocycles. The molecule has 0 bridgehead atoms. The van der Waals surface area contributed by atoms with Crippen molar-refractivity contribution in [1.82, 2.24) is 0 Å². The van der Waals surface area contributed by atoms with Crippen LogP contribution in [0.4, 0.5) is 0 Å². The zero-order valence-corrected chi connectivity index (χ0v) is 13.2. The minimum absolute atomic E-state index is 0.0558. The second kappa shape index (κ2) is 6.21. The molecule has 0 fully saturated rings. The third-order valence-corrected chi connectivity index (χ3v) is 4.15. The minimum Gasteiger partial charge on any atom is -0.485 e. The minimum atomic E-state index is -0.696. The molecular weight excluding hydrogens is 288 g/mol. The zero-order chi connectivity index (χ0) is 16.4. The van der Waals surface area contributed by atoms with Gasteiger partial charge in [-0.3, -0.25) is 9.59 Å². The molecule has 0 aliphatic carbocycles. The van der Waals surface area contributed by atoms with Crippen molar-refractivity contribution in [3.63, 3.8) is 0 Å². The summed E-state index contributed by atoms with van der Waals surface area (Å²) in [7, 11) is 0. The zero-order valence-electron chi connectivity index (χ0n) is 13.2. The van der Waals surface area contributed by atoms with E-state index < -0.39 is 6.10 Å². The van der Waals surface area contributed by atoms with E-state index in [0.717, 1.165) is 5.56 Å². The van der Waals surface area contributed by atoms with E-state index in [1.165, 1.54) is 6.92 Å². The van der Waals surface area contributed by atoms with Crippen LogP contribution in [0.3, 0.4) is 0 Å². The van der Waals surface area contributed by atoms with Gasteiger partial charge in [-0.1, -0.05) is 60.7 Å². The number of allylic oxidation sites excluding steroid dienone is 1. The van der Waals surface area contributed by atoms with Crippen LogP contribution in [0, 0.1) is 0 Å². The summed E-state index contributed by atoms with van der Waals surface area (Å²) in [6.07, 6.45) is -0.696. The Kier molecular flexibility index (Phi) is 4.11. The number of rotatable bonds is 4. The Balaban J connectivity index is 2.04. The Morgan fingerprint density at radius 2 is 1.48 bits per heavy atom. The summed E-state index contributed by atoms with van der Waals surface area (Å²) in [6, 6.07) is 18.7. The summed E-state index contributed by atoms with van der Waals surface area (Å²) in [6.45, 7) is 3.28. The van der Waals surface area contributed by atoms with Gasteiger partial charge in [-0.15, -0.1) is 0 Å². The van der Waals surface area contributed by atoms with E-state index in [1.807, 2.05) is 48.5 Å². The fourth-order valence-corrected chi connectivity index (χ4v) is 3.13. The van der Waals surface area contributed by atoms with Crippen molar-refractivity contribution in [2.45, 2.75) is 25.9 Å². The molecule has 2 aromatic rings. The molecule has 0 spiro atoms. The molecular formula is C20H18O3. The van der Waals surface area contributed by atoms with Crippen molar-refractivity contribution in [2.24, 2.45) is 0 Å². The van der Waals surface area contributed by atoms with E-state index in [2.05, 4.69) is 0 Å². The number of carbonyl (C=O) groups is 2. The molecule has 0 N–H and O–H groups in total. The van der Waals surface area contributed by atoms with Crippen LogP contribution in [0.15, 0.2) is 72.0 Å². The normalized spacial score (nSPS) is 20.3. The van der Waals surface area contributed by atoms with Gasteiger partial charge in [0.25, 0.3) is 0 Å². The first-order valence-electron chi connectivity index (χ1n) is 7.62. The Morgan fingerprint density at radius 3 is 2.04 bits per heavy atom. The first kappa shape index (κ1) is 15.2. The van der Waals surface area contributed by atoms with E-state index in [0.29, 0.717) is 16.9 Å². The highest BCUT2D eigenvalue weighted by Gasteiger charge is 2.42. The van der Waals surface area contributed by atoms with Crippen LogP contribution in [0.25, 0.3) is 0 Å². The van der Waals surface area contributed by atoms with E-state index >= 15 is 0 Å². The van der Waals surface area contributed by atoms with Crippen molar-refractivity contribution in [2.75, 3.05) is 0 Å². The van der Waals surface area contributed by atoms with Crippen LogP contribution in [0.2, 0.25) is 0 Å². The highest BCUT2D eigenvalue weighted by molar-refractivity contribution is 6.04. The molecule has 3 rings (SSSR count). The van der Waals surface area contributed by atoms with E-state index in [9.17, 15) is 9.59 Å². The van der Waals surface area contributed by atoms with Gasteiger partial charge < -0.3 is 4.74 Å². The van der Waals surface area contributed by atoms with Gasteiger partial charge >= 0.3 is 0 Å². The average Bonchev–Trinajstić information content (AvgIpc) is 2.93. The van der Waals surface area contributed by atoms with Gasteiger partial charge in [0.2, 0.25) is 5.78 Å². The molecule has 0 unspecified atom stereocenters. The fourth-order valence-electron chi connectivity index (χ4n) is 3.13. The molecule has 1 aliphatic rings. The fraction of sp³-hybridized carbons (Fsp3) is 0.200. The second-order valence-corrected chi connectivity index (χ2v) is 5.68. The van der Waals surface area contributed by atoms with Crippen LogP contribution < -0.4 is 0 Å². The van der Waals surface area contributed by atoms with Crippen molar-refractivity contribution < 1.29 is 14.3 Å². The van der Waals surface area contributed by atoms with Gasteiger partial charge in [0.05, 0.1) is 5.92 Å². The second-order valence-electron chi connectivity index (χ2n) is 5.68. The Morgan fingerprint density at radius 1 is 0.913 bits per heavy atom. The maximum atomic E-state index is 12.9. The Bertz CT molecular complexity index is 760. The lowest BCUT2D eigenvalue weighted by Crippen LogP contribution is -2.28. The molecule has 0 saturated carbocycles. The molecule has 2 aromatic carbocycles. The van der Waals surface area contributed by atoms with E-state index in [1.54, 1.807) is 19.1 Å². The molecule has 23 heavy (non-hydrogen) atoms. The molecule has 3 heteroatoms. The quantitative estimate of drug-likeness (QED) is 0.804. The average molecular weight is 306 g/mol. The van der Waals surface area contributed by atoms with Crippen molar-refractivity contribution in [1.29, 1.82) is 0 Å². The third-order valence-electron chi connectivity index (χ3n) is 4.15. The first-order valence-corrected chi connectivity index (χ1v) is 7.62. The number of ketones is 2. The summed E-state index contributed by atoms with van der Waals surface area (Å²) >= 11 is 0. The van der Waals surface area contributed by atoms with Gasteiger partial charge in [0.15, 0.2) is 11.9 Å². The molecule has 0 saturated heterocycles. The lowest BCUT2D eigenvalue weighted by molar-refractivity contribution is -0.113. The summed E-state index contributed by atoms with van der Waals surface area (Å²) in [4.78, 5) is 25.0. The molecule has 1 aliphatic heterocycles. The SMILES string of the molecule is CC(=O)C1=C(C)O[C@H](C(=O)c2ccccc2)[C@H]1c1ccccc1. The van der Waals surface area contributed by atoms with Gasteiger partial charge in [0.1, 0.15) is 5.76 Å². The lowest BCUT2D eigenvalue weighted by atomic mass is 9.83. The van der Waals surface area contributed by atoms with Crippen molar-refractivity contribution >= 4 is 11.6 Å². The number of hydrogen-bond donors (Lipinski definition) is 0. The van der Waals surface area contributed by atoms with Gasteiger partial charge in [-0.25, -0.2) is 0 Å². The number of ether oxygens (including phenoxy) is 1. The summed E-state index contributed by atoms with van der Waals surface area (Å²) in [5.74, 6) is 0.0248. The first-order chi connectivity index (χ1) is 11.1. The number of hydrogen-bond acceptors (Lipinski definition) is 3. The maximum absolute atomic E-state index is 12.9. The molecule has 116 valence electrons. The number of carbonyl (C=O) groups excluding carboxylic acids is 2. The largest absolute Gasteiger partial charge is 0.485 e. The lowest BCUT2D eigenvalue weighted by Gasteiger charge is -2.20. The number of benzene rings is 2. The Labute approximate surface area is 135 Å². The Hall–Kier alpha value is -2.68. The topological polar surface area (TPSA) is 43.4 Å². The number of Topliss-reactive ketones (excluding diaryl/α,β-unsaturated/α-hetero) is 2. The third kappa shape index (κ3) is 2.82. The van der Waals surface area contributed by atoms with Crippen molar-refractivity contribution in [3.05, 3.63) is 83.1 Å². The predicted octanol–water partition coefficient (Wildman–Crippen LogP) is 3.91. The molecule has 3 nitrogen and oxygen atoms in total. The predicted molar refractivity (Wildman–Crippen MR) is 88.2 cm³/mol. The molecule has 0 amide bonds. The summed E-state index contributed by atoms with van der Waals surface area (Å²) < 4.78 is 5.83. The van der Waals surface area contributed by atoms with Crippen LogP contribution in [0.1, 0.15) is 35.7 Å². The standard InChI is InChI=1S/C20H18O3/c1-13(21)17-14(2)23-20(18(17)15-9-5-3-6-10-15)19(22)16-11-7-4-8-12-16/h3-12,18,20H,1-2H3/t18-,20-/m0/s1. The van der Waals surface area contributed by atoms with E-state index in [4.69, 9.17) is 4.74 Å². The highest BCUT2D eigenvalue weighted by Crippen LogP contribution is 2.40. The van der Waals surface area contributed by atoms with Gasteiger partial charge in [-0.2, -0.15) is 0 Å². The van der Waals surface area contributed by atoms with Gasteiger partial charge in [0, 0.05) is 11.1 Å². The monoisotopic (exact) mass is 306 g/mol. The van der Waals surface area contributed by atoms with Crippen molar-refractivity contribution in [3.8, 4) is 0 Å². The van der Waals surface area contributed by atoms with Crippen LogP contribution in [-0.2, 0) is 9.53 Å². The van der Waals surface area contributed by atoms with Gasteiger partial charge in [-0.05, 0) is 19.4 Å². The van der Waals surface area contributed by atoms with Crippen LogP contribution in [-0.4, -0.2) is 17.7 Å². The molecule has 0 radical (unpaired) electrons. The highest BCUT2D eigenvalue weighted by atomic mass is 16.5. The van der Waals surface area contributed by atoms with Crippen LogP contribution >= 0.6 is 0 Å². The molecule has 2 atom stereocenters. The maximum Gasteiger partial charge on any atom is 0.204 e. The van der Waals surface area contributed by atoms with Crippen LogP contribution in [0.5, 0.6) is 0 Å². The molecule has 1 heterocycles. The smallest absolute Gasteiger partial charge is 0.204 e. The summed E-state index contributed by atoms with van der Waals surface area (Å²) in [5.41, 5.74) is 2.10. The summed E-state index contributed by atoms with van der Waals surface area (Å²) in [5, 5.41) is 0. The van der Waals surface area contributed by atoms with E-state index in [-0.39, 0.29) is 17.5 Å².